The molecule has 1 saturated heterocycles. The summed E-state index contributed by atoms with van der Waals surface area (Å²) in [5.41, 5.74) is -1.61. The molecular formula is C22H33F3N4O5. The fraction of sp³-hybridized carbons (Fsp3) is 0.773. The van der Waals surface area contributed by atoms with Gasteiger partial charge in [0.2, 0.25) is 11.8 Å². The molecule has 2 rings (SSSR count). The molecule has 0 unspecified atom stereocenters. The maximum absolute atomic E-state index is 13.3. The van der Waals surface area contributed by atoms with Crippen LogP contribution in [0.3, 0.4) is 0 Å². The third-order valence-electron chi connectivity index (χ3n) is 6.34. The van der Waals surface area contributed by atoms with Crippen molar-refractivity contribution >= 4 is 29.9 Å². The molecule has 2 aliphatic rings. The van der Waals surface area contributed by atoms with Crippen LogP contribution in [0.15, 0.2) is 4.99 Å². The third-order valence-corrected chi connectivity index (χ3v) is 6.34. The highest BCUT2D eigenvalue weighted by Gasteiger charge is 2.46. The van der Waals surface area contributed by atoms with Gasteiger partial charge in [-0.25, -0.2) is 0 Å². The van der Waals surface area contributed by atoms with Gasteiger partial charge in [0.1, 0.15) is 23.8 Å². The molecule has 0 aromatic heterocycles. The monoisotopic (exact) mass is 490 g/mol. The summed E-state index contributed by atoms with van der Waals surface area (Å²) in [5, 5.41) is 11.7. The molecule has 9 nitrogen and oxygen atoms in total. The number of carboxylic acids is 1. The largest absolute Gasteiger partial charge is 0.481 e. The molecule has 0 bridgehead atoms. The van der Waals surface area contributed by atoms with E-state index in [1.54, 1.807) is 13.8 Å². The zero-order chi connectivity index (χ0) is 25.7. The Hall–Kier alpha value is -2.66. The molecule has 3 amide bonds. The molecule has 0 radical (unpaired) electrons. The summed E-state index contributed by atoms with van der Waals surface area (Å²) in [7, 11) is 1.32. The van der Waals surface area contributed by atoms with Crippen molar-refractivity contribution in [2.45, 2.75) is 82.6 Å². The highest BCUT2D eigenvalue weighted by atomic mass is 19.4. The fourth-order valence-corrected chi connectivity index (χ4v) is 4.72. The lowest BCUT2D eigenvalue weighted by atomic mass is 9.93. The molecule has 34 heavy (non-hydrogen) atoms. The minimum Gasteiger partial charge on any atom is -0.481 e. The lowest BCUT2D eigenvalue weighted by molar-refractivity contribution is -0.147. The highest BCUT2D eigenvalue weighted by Crippen LogP contribution is 2.36. The number of nitrogens with zero attached hydrogens (tertiary/aromatic N) is 3. The molecule has 0 spiro atoms. The number of aliphatic imine (C=N–C) groups is 1. The van der Waals surface area contributed by atoms with Gasteiger partial charge in [-0.2, -0.15) is 13.2 Å². The molecule has 0 aromatic rings. The van der Waals surface area contributed by atoms with Gasteiger partial charge in [0, 0.05) is 20.1 Å². The lowest BCUT2D eigenvalue weighted by Gasteiger charge is -2.36. The van der Waals surface area contributed by atoms with Crippen LogP contribution in [0.5, 0.6) is 0 Å². The maximum Gasteiger partial charge on any atom is 0.426 e. The van der Waals surface area contributed by atoms with E-state index in [2.05, 4.69) is 10.3 Å². The standard InChI is InChI=1S/C22H33F3N4O5/c1-14(2)17(18(32)27-15(12-16(30)31)19(33)29-10-6-7-11-29)28(3)20(34)21(8-4-5-9-21)26-13-22(23,24)25/h13-15,17H,4-12H2,1-3H3,(H,27,32)(H,30,31)/t15-,17-/m0/s1. The van der Waals surface area contributed by atoms with Crippen LogP contribution in [0.4, 0.5) is 13.2 Å². The van der Waals surface area contributed by atoms with Crippen molar-refractivity contribution in [3.8, 4) is 0 Å². The Kier molecular flexibility index (Phi) is 9.07. The predicted molar refractivity (Wildman–Crippen MR) is 117 cm³/mol. The average Bonchev–Trinajstić information content (AvgIpc) is 3.42. The number of aliphatic carboxylic acids is 1. The number of amides is 3. The Morgan fingerprint density at radius 1 is 1.12 bits per heavy atom. The van der Waals surface area contributed by atoms with Crippen LogP contribution in [0.2, 0.25) is 0 Å². The average molecular weight is 491 g/mol. The van der Waals surface area contributed by atoms with Crippen molar-refractivity contribution < 1.29 is 37.5 Å². The highest BCUT2D eigenvalue weighted by molar-refractivity contribution is 5.96. The zero-order valence-electron chi connectivity index (χ0n) is 19.7. The van der Waals surface area contributed by atoms with E-state index in [-0.39, 0.29) is 19.1 Å². The molecule has 2 fully saturated rings. The number of likely N-dealkylation sites (N-methyl/N-ethyl adjacent to an activating group) is 1. The predicted octanol–water partition coefficient (Wildman–Crippen LogP) is 2.00. The Bertz CT molecular complexity index is 803. The molecule has 12 heteroatoms. The number of rotatable bonds is 9. The molecule has 1 aliphatic carbocycles. The van der Waals surface area contributed by atoms with Gasteiger partial charge in [-0.1, -0.05) is 26.7 Å². The van der Waals surface area contributed by atoms with Crippen molar-refractivity contribution in [3.05, 3.63) is 0 Å². The van der Waals surface area contributed by atoms with Crippen LogP contribution in [0, 0.1) is 5.92 Å². The van der Waals surface area contributed by atoms with Crippen LogP contribution in [0.1, 0.15) is 58.8 Å². The SMILES string of the molecule is CC(C)[C@@H](C(=O)N[C@@H](CC(=O)O)C(=O)N1CCCC1)N(C)C(=O)C1(N=CC(F)(F)F)CCCC1. The number of carboxylic acid groups (broad SMARTS) is 1. The van der Waals surface area contributed by atoms with Crippen molar-refractivity contribution in [3.63, 3.8) is 0 Å². The van der Waals surface area contributed by atoms with Gasteiger partial charge >= 0.3 is 12.1 Å². The first-order valence-corrected chi connectivity index (χ1v) is 11.5. The Morgan fingerprint density at radius 2 is 1.68 bits per heavy atom. The minimum atomic E-state index is -4.68. The molecule has 2 N–H and O–H groups in total. The summed E-state index contributed by atoms with van der Waals surface area (Å²) in [6.07, 6.45) is -2.60. The molecule has 1 heterocycles. The van der Waals surface area contributed by atoms with Crippen molar-refractivity contribution in [2.24, 2.45) is 10.9 Å². The van der Waals surface area contributed by atoms with Gasteiger partial charge in [0.15, 0.2) is 0 Å². The second kappa shape index (κ2) is 11.2. The second-order valence-corrected chi connectivity index (χ2v) is 9.33. The van der Waals surface area contributed by atoms with Gasteiger partial charge < -0.3 is 20.2 Å². The third kappa shape index (κ3) is 6.92. The number of hydrogen-bond acceptors (Lipinski definition) is 5. The number of alkyl halides is 3. The quantitative estimate of drug-likeness (QED) is 0.479. The van der Waals surface area contributed by atoms with Crippen molar-refractivity contribution in [1.82, 2.24) is 15.1 Å². The minimum absolute atomic E-state index is 0.129. The molecule has 2 atom stereocenters. The first kappa shape index (κ1) is 27.6. The second-order valence-electron chi connectivity index (χ2n) is 9.33. The smallest absolute Gasteiger partial charge is 0.426 e. The molecule has 1 saturated carbocycles. The lowest BCUT2D eigenvalue weighted by Crippen LogP contribution is -2.59. The normalized spacial score (nSPS) is 19.9. The summed E-state index contributed by atoms with van der Waals surface area (Å²) in [6, 6.07) is -2.44. The van der Waals surface area contributed by atoms with Crippen LogP contribution < -0.4 is 5.32 Å². The first-order chi connectivity index (χ1) is 15.8. The maximum atomic E-state index is 13.3. The number of hydrogen-bond donors (Lipinski definition) is 2. The Morgan fingerprint density at radius 3 is 2.15 bits per heavy atom. The summed E-state index contributed by atoms with van der Waals surface area (Å²) >= 11 is 0. The molecular weight excluding hydrogens is 457 g/mol. The molecule has 192 valence electrons. The van der Waals surface area contributed by atoms with E-state index in [0.717, 1.165) is 17.7 Å². The summed E-state index contributed by atoms with van der Waals surface area (Å²) in [6.45, 7) is 4.25. The first-order valence-electron chi connectivity index (χ1n) is 11.5. The molecule has 0 aromatic carbocycles. The van der Waals surface area contributed by atoms with Gasteiger partial charge in [-0.3, -0.25) is 24.2 Å². The van der Waals surface area contributed by atoms with Crippen LogP contribution in [-0.4, -0.2) is 88.7 Å². The number of carbonyl (C=O) groups excluding carboxylic acids is 3. The van der Waals surface area contributed by atoms with Crippen LogP contribution in [-0.2, 0) is 19.2 Å². The van der Waals surface area contributed by atoms with Crippen molar-refractivity contribution in [1.29, 1.82) is 0 Å². The van der Waals surface area contributed by atoms with Crippen molar-refractivity contribution in [2.75, 3.05) is 20.1 Å². The number of likely N-dealkylation sites (tertiary alicyclic amines) is 1. The van der Waals surface area contributed by atoms with Crippen LogP contribution in [0.25, 0.3) is 0 Å². The summed E-state index contributed by atoms with van der Waals surface area (Å²) < 4.78 is 38.4. The summed E-state index contributed by atoms with van der Waals surface area (Å²) in [4.78, 5) is 56.8. The fourth-order valence-electron chi connectivity index (χ4n) is 4.72. The van der Waals surface area contributed by atoms with E-state index >= 15 is 0 Å². The van der Waals surface area contributed by atoms with Gasteiger partial charge in [0.25, 0.3) is 5.91 Å². The van der Waals surface area contributed by atoms with Gasteiger partial charge in [-0.05, 0) is 31.6 Å². The van der Waals surface area contributed by atoms with E-state index < -0.39 is 59.8 Å². The zero-order valence-corrected chi connectivity index (χ0v) is 19.7. The van der Waals surface area contributed by atoms with E-state index in [0.29, 0.717) is 25.9 Å². The van der Waals surface area contributed by atoms with Gasteiger partial charge in [0.05, 0.1) is 6.42 Å². The van der Waals surface area contributed by atoms with E-state index in [9.17, 15) is 37.5 Å². The van der Waals surface area contributed by atoms with E-state index in [4.69, 9.17) is 0 Å². The number of halogens is 3. The number of carbonyl (C=O) groups is 4. The Labute approximate surface area is 196 Å². The summed E-state index contributed by atoms with van der Waals surface area (Å²) in [5.74, 6) is -3.69. The topological polar surface area (TPSA) is 119 Å². The molecule has 1 aliphatic heterocycles. The van der Waals surface area contributed by atoms with E-state index in [1.807, 2.05) is 0 Å². The van der Waals surface area contributed by atoms with E-state index in [1.165, 1.54) is 11.9 Å². The Balaban J connectivity index is 2.25. The number of nitrogens with one attached hydrogen (secondary N) is 1. The van der Waals surface area contributed by atoms with Crippen LogP contribution >= 0.6 is 0 Å². The van der Waals surface area contributed by atoms with Gasteiger partial charge in [-0.15, -0.1) is 0 Å².